The maximum atomic E-state index is 12.8. The largest absolute Gasteiger partial charge is 0.288 e. The summed E-state index contributed by atoms with van der Waals surface area (Å²) < 4.78 is 0.384. The SMILES string of the molecule is Cc1ccccc1N1C(=O)/C(=C\c2cc([N+](=O)[O-])c(Cl)cc2Cl)SC1=S. The summed E-state index contributed by atoms with van der Waals surface area (Å²) in [4.78, 5) is 25.1. The van der Waals surface area contributed by atoms with E-state index in [1.807, 2.05) is 31.2 Å². The molecule has 1 fully saturated rings. The summed E-state index contributed by atoms with van der Waals surface area (Å²) in [6, 6.07) is 9.92. The van der Waals surface area contributed by atoms with Crippen LogP contribution in [0.2, 0.25) is 10.0 Å². The third-order valence-electron chi connectivity index (χ3n) is 3.70. The molecule has 0 unspecified atom stereocenters. The predicted molar refractivity (Wildman–Crippen MR) is 110 cm³/mol. The molecule has 1 aliphatic rings. The van der Waals surface area contributed by atoms with E-state index in [0.29, 0.717) is 20.5 Å². The highest BCUT2D eigenvalue weighted by Gasteiger charge is 2.34. The Balaban J connectivity index is 2.03. The second kappa shape index (κ2) is 7.36. The molecule has 1 heterocycles. The van der Waals surface area contributed by atoms with Gasteiger partial charge in [0.1, 0.15) is 5.02 Å². The van der Waals surface area contributed by atoms with Crippen molar-refractivity contribution in [1.82, 2.24) is 0 Å². The minimum atomic E-state index is -0.603. The van der Waals surface area contributed by atoms with Crippen molar-refractivity contribution in [1.29, 1.82) is 0 Å². The van der Waals surface area contributed by atoms with Gasteiger partial charge < -0.3 is 0 Å². The number of nitro groups is 1. The molecule has 0 atom stereocenters. The van der Waals surface area contributed by atoms with Gasteiger partial charge in [-0.3, -0.25) is 19.8 Å². The van der Waals surface area contributed by atoms with E-state index in [-0.39, 0.29) is 21.6 Å². The van der Waals surface area contributed by atoms with Crippen LogP contribution < -0.4 is 4.90 Å². The van der Waals surface area contributed by atoms with Crippen molar-refractivity contribution in [2.75, 3.05) is 4.90 Å². The van der Waals surface area contributed by atoms with Crippen LogP contribution in [0.25, 0.3) is 6.08 Å². The number of rotatable bonds is 3. The average Bonchev–Trinajstić information content (AvgIpc) is 2.84. The van der Waals surface area contributed by atoms with Crippen LogP contribution in [-0.2, 0) is 4.79 Å². The van der Waals surface area contributed by atoms with Gasteiger partial charge in [0.15, 0.2) is 4.32 Å². The summed E-state index contributed by atoms with van der Waals surface area (Å²) in [6.07, 6.45) is 1.49. The lowest BCUT2D eigenvalue weighted by atomic mass is 10.1. The van der Waals surface area contributed by atoms with Gasteiger partial charge in [-0.25, -0.2) is 0 Å². The molecule has 2 aromatic carbocycles. The number of carbonyl (C=O) groups excluding carboxylic acids is 1. The number of nitro benzene ring substituents is 1. The Morgan fingerprint density at radius 2 is 1.92 bits per heavy atom. The summed E-state index contributed by atoms with van der Waals surface area (Å²) >= 11 is 18.4. The Bertz CT molecular complexity index is 992. The molecule has 9 heteroatoms. The van der Waals surface area contributed by atoms with Gasteiger partial charge in [0.25, 0.3) is 11.6 Å². The number of benzene rings is 2. The number of thioether (sulfide) groups is 1. The van der Waals surface area contributed by atoms with Crippen LogP contribution in [0.1, 0.15) is 11.1 Å². The number of hydrogen-bond acceptors (Lipinski definition) is 5. The standard InChI is InChI=1S/C17H10Cl2N2O3S2/c1-9-4-2-3-5-13(9)20-16(22)15(26-17(20)25)7-10-6-14(21(23)24)12(19)8-11(10)18/h2-8H,1H3/b15-7+. The number of anilines is 1. The average molecular weight is 425 g/mol. The fraction of sp³-hybridized carbons (Fsp3) is 0.0588. The molecule has 0 saturated carbocycles. The minimum Gasteiger partial charge on any atom is -0.268 e. The number of nitrogens with zero attached hydrogens (tertiary/aromatic N) is 2. The summed E-state index contributed by atoms with van der Waals surface area (Å²) in [7, 11) is 0. The first-order valence-corrected chi connectivity index (χ1v) is 9.24. The van der Waals surface area contributed by atoms with Gasteiger partial charge in [0.2, 0.25) is 0 Å². The van der Waals surface area contributed by atoms with Crippen molar-refractivity contribution < 1.29 is 9.72 Å². The number of para-hydroxylation sites is 1. The fourth-order valence-electron chi connectivity index (χ4n) is 2.44. The number of amides is 1. The Kier molecular flexibility index (Phi) is 5.34. The number of carbonyl (C=O) groups is 1. The molecule has 1 aliphatic heterocycles. The molecular weight excluding hydrogens is 415 g/mol. The van der Waals surface area contributed by atoms with Crippen LogP contribution in [-0.4, -0.2) is 15.2 Å². The van der Waals surface area contributed by atoms with Gasteiger partial charge in [-0.2, -0.15) is 0 Å². The summed E-state index contributed by atoms with van der Waals surface area (Å²) in [6.45, 7) is 1.89. The van der Waals surface area contributed by atoms with Crippen molar-refractivity contribution >= 4 is 74.9 Å². The maximum absolute atomic E-state index is 12.8. The quantitative estimate of drug-likeness (QED) is 0.277. The predicted octanol–water partition coefficient (Wildman–Crippen LogP) is 5.62. The van der Waals surface area contributed by atoms with Crippen LogP contribution in [0.4, 0.5) is 11.4 Å². The number of aryl methyl sites for hydroxylation is 1. The first kappa shape index (κ1) is 18.8. The molecule has 2 aromatic rings. The highest BCUT2D eigenvalue weighted by Crippen LogP contribution is 2.39. The summed E-state index contributed by atoms with van der Waals surface area (Å²) in [5, 5.41) is 11.2. The van der Waals surface area contributed by atoms with E-state index in [0.717, 1.165) is 17.3 Å². The van der Waals surface area contributed by atoms with Gasteiger partial charge in [-0.15, -0.1) is 0 Å². The van der Waals surface area contributed by atoms with Crippen molar-refractivity contribution in [2.24, 2.45) is 0 Å². The molecule has 0 N–H and O–H groups in total. The van der Waals surface area contributed by atoms with Gasteiger partial charge in [-0.05, 0) is 30.7 Å². The van der Waals surface area contributed by atoms with E-state index in [4.69, 9.17) is 35.4 Å². The van der Waals surface area contributed by atoms with Crippen molar-refractivity contribution in [3.63, 3.8) is 0 Å². The van der Waals surface area contributed by atoms with E-state index < -0.39 is 4.92 Å². The minimum absolute atomic E-state index is 0.0652. The molecule has 0 aliphatic carbocycles. The molecule has 0 bridgehead atoms. The van der Waals surface area contributed by atoms with Gasteiger partial charge >= 0.3 is 0 Å². The zero-order valence-corrected chi connectivity index (χ0v) is 16.4. The van der Waals surface area contributed by atoms with Crippen LogP contribution in [0, 0.1) is 17.0 Å². The molecular formula is C17H10Cl2N2O3S2. The molecule has 1 amide bonds. The second-order valence-electron chi connectivity index (χ2n) is 5.39. The Morgan fingerprint density at radius 3 is 2.58 bits per heavy atom. The highest BCUT2D eigenvalue weighted by atomic mass is 35.5. The van der Waals surface area contributed by atoms with Crippen molar-refractivity contribution in [3.05, 3.63) is 72.6 Å². The lowest BCUT2D eigenvalue weighted by Crippen LogP contribution is -2.28. The maximum Gasteiger partial charge on any atom is 0.288 e. The number of halogens is 2. The van der Waals surface area contributed by atoms with Crippen molar-refractivity contribution in [3.8, 4) is 0 Å². The van der Waals surface area contributed by atoms with E-state index in [9.17, 15) is 14.9 Å². The Morgan fingerprint density at radius 1 is 1.23 bits per heavy atom. The molecule has 3 rings (SSSR count). The molecule has 5 nitrogen and oxygen atoms in total. The van der Waals surface area contributed by atoms with E-state index in [2.05, 4.69) is 0 Å². The zero-order valence-electron chi connectivity index (χ0n) is 13.2. The van der Waals surface area contributed by atoms with Gasteiger partial charge in [0.05, 0.1) is 15.5 Å². The normalized spacial score (nSPS) is 15.8. The first-order valence-electron chi connectivity index (χ1n) is 7.26. The molecule has 26 heavy (non-hydrogen) atoms. The first-order chi connectivity index (χ1) is 12.3. The van der Waals surface area contributed by atoms with E-state index in [1.165, 1.54) is 23.1 Å². The Labute approximate surface area is 168 Å². The summed E-state index contributed by atoms with van der Waals surface area (Å²) in [5.41, 5.74) is 1.65. The van der Waals surface area contributed by atoms with Gasteiger partial charge in [0, 0.05) is 16.7 Å². The van der Waals surface area contributed by atoms with Crippen LogP contribution in [0.3, 0.4) is 0 Å². The van der Waals surface area contributed by atoms with E-state index >= 15 is 0 Å². The third kappa shape index (κ3) is 3.48. The number of thiocarbonyl (C=S) groups is 1. The number of hydrogen-bond donors (Lipinski definition) is 0. The molecule has 0 spiro atoms. The van der Waals surface area contributed by atoms with Gasteiger partial charge in [-0.1, -0.05) is 65.4 Å². The lowest BCUT2D eigenvalue weighted by Gasteiger charge is -2.16. The van der Waals surface area contributed by atoms with E-state index in [1.54, 1.807) is 0 Å². The second-order valence-corrected chi connectivity index (χ2v) is 7.88. The topological polar surface area (TPSA) is 63.5 Å². The summed E-state index contributed by atoms with van der Waals surface area (Å²) in [5.74, 6) is -0.303. The van der Waals surface area contributed by atoms with Crippen molar-refractivity contribution in [2.45, 2.75) is 6.92 Å². The lowest BCUT2D eigenvalue weighted by molar-refractivity contribution is -0.384. The molecule has 0 radical (unpaired) electrons. The van der Waals surface area contributed by atoms with Crippen LogP contribution in [0.5, 0.6) is 0 Å². The molecule has 0 aromatic heterocycles. The molecule has 1 saturated heterocycles. The smallest absolute Gasteiger partial charge is 0.268 e. The zero-order chi connectivity index (χ0) is 19.0. The van der Waals surface area contributed by atoms with Crippen LogP contribution in [0.15, 0.2) is 41.3 Å². The monoisotopic (exact) mass is 424 g/mol. The van der Waals surface area contributed by atoms with Crippen LogP contribution >= 0.6 is 47.2 Å². The Hall–Kier alpha value is -1.93. The highest BCUT2D eigenvalue weighted by molar-refractivity contribution is 8.27. The molecule has 132 valence electrons. The fourth-order valence-corrected chi connectivity index (χ4v) is 4.22. The third-order valence-corrected chi connectivity index (χ3v) is 5.63.